The second-order valence-corrected chi connectivity index (χ2v) is 8.08. The van der Waals surface area contributed by atoms with Gasteiger partial charge in [-0.15, -0.1) is 0 Å². The molecule has 3 rings (SSSR count). The quantitative estimate of drug-likeness (QED) is 0.761. The molecule has 0 saturated heterocycles. The van der Waals surface area contributed by atoms with Crippen molar-refractivity contribution in [3.8, 4) is 0 Å². The average Bonchev–Trinajstić information content (AvgIpc) is 3.35. The van der Waals surface area contributed by atoms with E-state index in [1.54, 1.807) is 30.3 Å². The summed E-state index contributed by atoms with van der Waals surface area (Å²) >= 11 is 0. The van der Waals surface area contributed by atoms with Gasteiger partial charge in [0.15, 0.2) is 0 Å². The highest BCUT2D eigenvalue weighted by molar-refractivity contribution is 7.92. The minimum Gasteiger partial charge on any atom is -0.480 e. The van der Waals surface area contributed by atoms with Crippen molar-refractivity contribution >= 4 is 22.1 Å². The number of rotatable bonds is 6. The number of halogens is 3. The van der Waals surface area contributed by atoms with E-state index in [2.05, 4.69) is 4.72 Å². The summed E-state index contributed by atoms with van der Waals surface area (Å²) in [4.78, 5) is 11.7. The van der Waals surface area contributed by atoms with Crippen molar-refractivity contribution in [2.45, 2.75) is 24.1 Å². The van der Waals surface area contributed by atoms with Crippen LogP contribution >= 0.6 is 0 Å². The van der Waals surface area contributed by atoms with Gasteiger partial charge in [-0.2, -0.15) is 17.9 Å². The number of carboxylic acids is 1. The summed E-state index contributed by atoms with van der Waals surface area (Å²) in [5, 5.41) is 10.3. The van der Waals surface area contributed by atoms with Gasteiger partial charge in [-0.3, -0.25) is 4.79 Å². The zero-order chi connectivity index (χ0) is 20.6. The molecule has 5 nitrogen and oxygen atoms in total. The number of alkyl halides is 3. The Morgan fingerprint density at radius 1 is 1.11 bits per heavy atom. The summed E-state index contributed by atoms with van der Waals surface area (Å²) in [7, 11) is -4.13. The second-order valence-electron chi connectivity index (χ2n) is 6.51. The van der Waals surface area contributed by atoms with Gasteiger partial charge in [-0.25, -0.2) is 8.42 Å². The summed E-state index contributed by atoms with van der Waals surface area (Å²) < 4.78 is 64.5. The van der Waals surface area contributed by atoms with Crippen LogP contribution in [0.2, 0.25) is 0 Å². The molecule has 9 heteroatoms. The molecule has 28 heavy (non-hydrogen) atoms. The zero-order valence-electron chi connectivity index (χ0n) is 14.3. The Balaban J connectivity index is 1.76. The SMILES string of the molecule is O=C(O)[C@]1(NS(=O)(=O)/C=C/c2ccc(C(F)(F)F)cc2)C[C@H]1c1ccccc1. The van der Waals surface area contributed by atoms with Crippen LogP contribution in [-0.4, -0.2) is 25.0 Å². The Morgan fingerprint density at radius 3 is 2.25 bits per heavy atom. The topological polar surface area (TPSA) is 83.5 Å². The standard InChI is InChI=1S/C19H16F3NO4S/c20-19(21,22)15-8-6-13(7-9-15)10-11-28(26,27)23-18(17(24)25)12-16(18)14-4-2-1-3-5-14/h1-11,16,23H,12H2,(H,24,25)/b11-10+/t16-,18-/m0/s1. The van der Waals surface area contributed by atoms with Crippen molar-refractivity contribution < 1.29 is 31.5 Å². The molecule has 2 aromatic rings. The van der Waals surface area contributed by atoms with Crippen molar-refractivity contribution in [1.29, 1.82) is 0 Å². The molecule has 148 valence electrons. The van der Waals surface area contributed by atoms with Crippen molar-refractivity contribution in [3.63, 3.8) is 0 Å². The fraction of sp³-hybridized carbons (Fsp3) is 0.211. The highest BCUT2D eigenvalue weighted by Crippen LogP contribution is 2.52. The van der Waals surface area contributed by atoms with E-state index in [-0.39, 0.29) is 12.0 Å². The summed E-state index contributed by atoms with van der Waals surface area (Å²) in [5.41, 5.74) is -1.54. The number of aliphatic carboxylic acids is 1. The Bertz CT molecular complexity index is 1000. The van der Waals surface area contributed by atoms with Crippen molar-refractivity contribution in [2.24, 2.45) is 0 Å². The summed E-state index contributed by atoms with van der Waals surface area (Å²) in [6.45, 7) is 0. The highest BCUT2D eigenvalue weighted by atomic mass is 32.2. The summed E-state index contributed by atoms with van der Waals surface area (Å²) in [5.74, 6) is -1.78. The van der Waals surface area contributed by atoms with Gasteiger partial charge in [0.05, 0.1) is 5.56 Å². The lowest BCUT2D eigenvalue weighted by Crippen LogP contribution is -2.43. The fourth-order valence-electron chi connectivity index (χ4n) is 2.98. The van der Waals surface area contributed by atoms with Gasteiger partial charge < -0.3 is 5.11 Å². The first-order chi connectivity index (χ1) is 13.0. The van der Waals surface area contributed by atoms with Crippen LogP contribution in [-0.2, 0) is 21.0 Å². The van der Waals surface area contributed by atoms with Crippen LogP contribution in [0.25, 0.3) is 6.08 Å². The minimum atomic E-state index is -4.48. The first-order valence-corrected chi connectivity index (χ1v) is 9.76. The Morgan fingerprint density at radius 2 is 1.71 bits per heavy atom. The minimum absolute atomic E-state index is 0.111. The molecule has 2 atom stereocenters. The van der Waals surface area contributed by atoms with Gasteiger partial charge in [-0.05, 0) is 35.8 Å². The maximum Gasteiger partial charge on any atom is 0.416 e. The maximum atomic E-state index is 12.6. The monoisotopic (exact) mass is 411 g/mol. The predicted octanol–water partition coefficient (Wildman–Crippen LogP) is 3.61. The summed E-state index contributed by atoms with van der Waals surface area (Å²) in [6.07, 6.45) is -3.26. The van der Waals surface area contributed by atoms with Crippen LogP contribution in [0.5, 0.6) is 0 Å². The molecule has 0 bridgehead atoms. The van der Waals surface area contributed by atoms with E-state index in [0.29, 0.717) is 5.56 Å². The number of sulfonamides is 1. The fourth-order valence-corrected chi connectivity index (χ4v) is 4.21. The van der Waals surface area contributed by atoms with Gasteiger partial charge in [-0.1, -0.05) is 42.5 Å². The smallest absolute Gasteiger partial charge is 0.416 e. The first kappa shape index (κ1) is 20.1. The molecule has 1 fully saturated rings. The second kappa shape index (κ2) is 7.06. The Labute approximate surface area is 159 Å². The molecule has 0 aliphatic heterocycles. The molecule has 1 saturated carbocycles. The highest BCUT2D eigenvalue weighted by Gasteiger charge is 2.63. The number of carbonyl (C=O) groups is 1. The van der Waals surface area contributed by atoms with Gasteiger partial charge in [0.25, 0.3) is 0 Å². The third-order valence-corrected chi connectivity index (χ3v) is 5.69. The normalized spacial score (nSPS) is 22.3. The number of carboxylic acid groups (broad SMARTS) is 1. The number of nitrogens with one attached hydrogen (secondary N) is 1. The van der Waals surface area contributed by atoms with Crippen molar-refractivity contribution in [1.82, 2.24) is 4.72 Å². The van der Waals surface area contributed by atoms with E-state index in [1.807, 2.05) is 0 Å². The number of hydrogen-bond donors (Lipinski definition) is 2. The summed E-state index contributed by atoms with van der Waals surface area (Å²) in [6, 6.07) is 12.6. The first-order valence-electron chi connectivity index (χ1n) is 8.21. The van der Waals surface area contributed by atoms with Crippen LogP contribution in [0, 0.1) is 0 Å². The van der Waals surface area contributed by atoms with Crippen LogP contribution in [0.3, 0.4) is 0 Å². The molecule has 1 aliphatic rings. The Hall–Kier alpha value is -2.65. The van der Waals surface area contributed by atoms with Gasteiger partial charge in [0, 0.05) is 11.3 Å². The molecule has 2 aromatic carbocycles. The van der Waals surface area contributed by atoms with E-state index in [0.717, 1.165) is 35.7 Å². The molecule has 0 aromatic heterocycles. The largest absolute Gasteiger partial charge is 0.480 e. The van der Waals surface area contributed by atoms with E-state index >= 15 is 0 Å². The molecule has 1 aliphatic carbocycles. The van der Waals surface area contributed by atoms with Crippen molar-refractivity contribution in [2.75, 3.05) is 0 Å². The van der Waals surface area contributed by atoms with Crippen LogP contribution in [0.4, 0.5) is 13.2 Å². The molecule has 0 spiro atoms. The molecular formula is C19H16F3NO4S. The number of hydrogen-bond acceptors (Lipinski definition) is 3. The molecule has 2 N–H and O–H groups in total. The lowest BCUT2D eigenvalue weighted by atomic mass is 10.1. The zero-order valence-corrected chi connectivity index (χ0v) is 15.2. The number of benzene rings is 2. The van der Waals surface area contributed by atoms with Crippen LogP contribution in [0.15, 0.2) is 60.0 Å². The molecule has 0 amide bonds. The van der Waals surface area contributed by atoms with Gasteiger partial charge in [0.1, 0.15) is 5.54 Å². The molecular weight excluding hydrogens is 395 g/mol. The lowest BCUT2D eigenvalue weighted by Gasteiger charge is -2.13. The van der Waals surface area contributed by atoms with E-state index in [4.69, 9.17) is 0 Å². The molecule has 0 radical (unpaired) electrons. The maximum absolute atomic E-state index is 12.6. The van der Waals surface area contributed by atoms with E-state index in [9.17, 15) is 31.5 Å². The van der Waals surface area contributed by atoms with Gasteiger partial charge in [0.2, 0.25) is 10.0 Å². The van der Waals surface area contributed by atoms with Gasteiger partial charge >= 0.3 is 12.1 Å². The third-order valence-electron chi connectivity index (χ3n) is 4.55. The molecule has 0 heterocycles. The average molecular weight is 411 g/mol. The van der Waals surface area contributed by atoms with E-state index in [1.165, 1.54) is 0 Å². The van der Waals surface area contributed by atoms with E-state index < -0.39 is 39.2 Å². The molecule has 0 unspecified atom stereocenters. The Kier molecular flexibility index (Phi) is 5.07. The van der Waals surface area contributed by atoms with Crippen molar-refractivity contribution in [3.05, 3.63) is 76.7 Å². The van der Waals surface area contributed by atoms with Crippen LogP contribution in [0.1, 0.15) is 29.0 Å². The predicted molar refractivity (Wildman–Crippen MR) is 96.7 cm³/mol. The van der Waals surface area contributed by atoms with Crippen LogP contribution < -0.4 is 4.72 Å². The third kappa shape index (κ3) is 4.26. The lowest BCUT2D eigenvalue weighted by molar-refractivity contribution is -0.140.